The third kappa shape index (κ3) is 2.92. The lowest BCUT2D eigenvalue weighted by atomic mass is 10.0. The highest BCUT2D eigenvalue weighted by molar-refractivity contribution is 5.97. The molecule has 1 amide bonds. The predicted molar refractivity (Wildman–Crippen MR) is 79.5 cm³/mol. The molecule has 2 aromatic rings. The average Bonchev–Trinajstić information content (AvgIpc) is 2.97. The second-order valence-corrected chi connectivity index (χ2v) is 5.35. The number of aliphatic hydroxyl groups is 1. The number of benzene rings is 1. The van der Waals surface area contributed by atoms with Crippen LogP contribution in [0.2, 0.25) is 0 Å². The van der Waals surface area contributed by atoms with Crippen LogP contribution >= 0.6 is 0 Å². The standard InChI is InChI=1S/C16H17N3O2/c20-15(16(21)8-4-5-9-16)19-13-10-17-14(18-11-13)12-6-2-1-3-7-12/h1-3,6-7,10-11,21H,4-5,8-9H2,(H,19,20). The minimum atomic E-state index is -1.24. The molecule has 0 radical (unpaired) electrons. The minimum Gasteiger partial charge on any atom is -0.380 e. The number of nitrogens with zero attached hydrogens (tertiary/aromatic N) is 2. The van der Waals surface area contributed by atoms with Crippen LogP contribution in [0, 0.1) is 0 Å². The Kier molecular flexibility index (Phi) is 3.66. The quantitative estimate of drug-likeness (QED) is 0.907. The van der Waals surface area contributed by atoms with Crippen molar-refractivity contribution in [1.82, 2.24) is 9.97 Å². The molecule has 5 nitrogen and oxygen atoms in total. The molecule has 0 bridgehead atoms. The summed E-state index contributed by atoms with van der Waals surface area (Å²) in [6.07, 6.45) is 5.92. The summed E-state index contributed by atoms with van der Waals surface area (Å²) in [5, 5.41) is 12.9. The van der Waals surface area contributed by atoms with Gasteiger partial charge in [-0.25, -0.2) is 9.97 Å². The van der Waals surface area contributed by atoms with Gasteiger partial charge in [-0.1, -0.05) is 30.3 Å². The summed E-state index contributed by atoms with van der Waals surface area (Å²) in [7, 11) is 0. The highest BCUT2D eigenvalue weighted by atomic mass is 16.3. The van der Waals surface area contributed by atoms with Crippen LogP contribution in [0.1, 0.15) is 25.7 Å². The second-order valence-electron chi connectivity index (χ2n) is 5.35. The van der Waals surface area contributed by atoms with E-state index in [4.69, 9.17) is 0 Å². The third-order valence-corrected chi connectivity index (χ3v) is 3.80. The lowest BCUT2D eigenvalue weighted by molar-refractivity contribution is -0.133. The molecule has 108 valence electrons. The second kappa shape index (κ2) is 5.61. The lowest BCUT2D eigenvalue weighted by Crippen LogP contribution is -2.40. The van der Waals surface area contributed by atoms with Gasteiger partial charge in [0.1, 0.15) is 5.60 Å². The van der Waals surface area contributed by atoms with Crippen molar-refractivity contribution in [2.75, 3.05) is 5.32 Å². The van der Waals surface area contributed by atoms with Gasteiger partial charge in [0.05, 0.1) is 18.1 Å². The molecule has 1 aromatic carbocycles. The van der Waals surface area contributed by atoms with Crippen LogP contribution in [0.4, 0.5) is 5.69 Å². The van der Waals surface area contributed by atoms with E-state index in [9.17, 15) is 9.90 Å². The number of nitrogens with one attached hydrogen (secondary N) is 1. The van der Waals surface area contributed by atoms with Crippen LogP contribution < -0.4 is 5.32 Å². The van der Waals surface area contributed by atoms with Crippen molar-refractivity contribution >= 4 is 11.6 Å². The Balaban J connectivity index is 1.72. The first-order valence-corrected chi connectivity index (χ1v) is 7.09. The fraction of sp³-hybridized carbons (Fsp3) is 0.312. The van der Waals surface area contributed by atoms with E-state index >= 15 is 0 Å². The number of hydrogen-bond acceptors (Lipinski definition) is 4. The molecule has 1 aliphatic carbocycles. The maximum atomic E-state index is 12.1. The van der Waals surface area contributed by atoms with Crippen molar-refractivity contribution in [2.24, 2.45) is 0 Å². The van der Waals surface area contributed by atoms with Crippen LogP contribution in [-0.4, -0.2) is 26.6 Å². The van der Waals surface area contributed by atoms with Gasteiger partial charge in [0, 0.05) is 5.56 Å². The zero-order valence-corrected chi connectivity index (χ0v) is 11.6. The van der Waals surface area contributed by atoms with E-state index in [-0.39, 0.29) is 5.91 Å². The Morgan fingerprint density at radius 2 is 1.71 bits per heavy atom. The molecule has 21 heavy (non-hydrogen) atoms. The normalized spacial score (nSPS) is 16.6. The maximum Gasteiger partial charge on any atom is 0.256 e. The van der Waals surface area contributed by atoms with E-state index in [1.165, 1.54) is 0 Å². The molecular formula is C16H17N3O2. The van der Waals surface area contributed by atoms with Crippen LogP contribution in [-0.2, 0) is 4.79 Å². The van der Waals surface area contributed by atoms with E-state index < -0.39 is 5.60 Å². The van der Waals surface area contributed by atoms with Crippen molar-refractivity contribution in [2.45, 2.75) is 31.3 Å². The summed E-state index contributed by atoms with van der Waals surface area (Å²) in [6.45, 7) is 0. The van der Waals surface area contributed by atoms with Crippen LogP contribution in [0.5, 0.6) is 0 Å². The highest BCUT2D eigenvalue weighted by Crippen LogP contribution is 2.30. The number of hydrogen-bond donors (Lipinski definition) is 2. The number of carbonyl (C=O) groups excluding carboxylic acids is 1. The van der Waals surface area contributed by atoms with Gasteiger partial charge < -0.3 is 10.4 Å². The van der Waals surface area contributed by atoms with Gasteiger partial charge in [-0.15, -0.1) is 0 Å². The summed E-state index contributed by atoms with van der Waals surface area (Å²) >= 11 is 0. The molecule has 3 rings (SSSR count). The Bertz CT molecular complexity index is 620. The average molecular weight is 283 g/mol. The smallest absolute Gasteiger partial charge is 0.256 e. The molecule has 0 atom stereocenters. The SMILES string of the molecule is O=C(Nc1cnc(-c2ccccc2)nc1)C1(O)CCCC1. The van der Waals surface area contributed by atoms with Crippen LogP contribution in [0.3, 0.4) is 0 Å². The monoisotopic (exact) mass is 283 g/mol. The summed E-state index contributed by atoms with van der Waals surface area (Å²) in [6, 6.07) is 9.62. The molecule has 0 spiro atoms. The van der Waals surface area contributed by atoms with E-state index in [0.717, 1.165) is 18.4 Å². The molecule has 0 saturated heterocycles. The zero-order valence-electron chi connectivity index (χ0n) is 11.6. The van der Waals surface area contributed by atoms with Crippen molar-refractivity contribution < 1.29 is 9.90 Å². The van der Waals surface area contributed by atoms with Gasteiger partial charge in [-0.2, -0.15) is 0 Å². The van der Waals surface area contributed by atoms with E-state index in [2.05, 4.69) is 15.3 Å². The first kappa shape index (κ1) is 13.7. The minimum absolute atomic E-state index is 0.365. The lowest BCUT2D eigenvalue weighted by Gasteiger charge is -2.20. The Morgan fingerprint density at radius 1 is 1.10 bits per heavy atom. The number of anilines is 1. The third-order valence-electron chi connectivity index (χ3n) is 3.80. The highest BCUT2D eigenvalue weighted by Gasteiger charge is 2.38. The molecule has 2 N–H and O–H groups in total. The van der Waals surface area contributed by atoms with Crippen molar-refractivity contribution in [1.29, 1.82) is 0 Å². The molecule has 1 heterocycles. The Labute approximate surface area is 123 Å². The van der Waals surface area contributed by atoms with Gasteiger partial charge >= 0.3 is 0 Å². The summed E-state index contributed by atoms with van der Waals surface area (Å²) in [5.74, 6) is 0.240. The van der Waals surface area contributed by atoms with E-state index in [1.807, 2.05) is 30.3 Å². The fourth-order valence-corrected chi connectivity index (χ4v) is 2.56. The molecule has 1 aromatic heterocycles. The van der Waals surface area contributed by atoms with Gasteiger partial charge in [0.2, 0.25) is 0 Å². The molecule has 0 unspecified atom stereocenters. The Morgan fingerprint density at radius 3 is 2.33 bits per heavy atom. The molecule has 5 heteroatoms. The molecular weight excluding hydrogens is 266 g/mol. The van der Waals surface area contributed by atoms with Crippen molar-refractivity contribution in [3.63, 3.8) is 0 Å². The Hall–Kier alpha value is -2.27. The topological polar surface area (TPSA) is 75.1 Å². The maximum absolute atomic E-state index is 12.1. The van der Waals surface area contributed by atoms with Gasteiger partial charge in [-0.3, -0.25) is 4.79 Å². The fourth-order valence-electron chi connectivity index (χ4n) is 2.56. The molecule has 1 fully saturated rings. The van der Waals surface area contributed by atoms with Crippen molar-refractivity contribution in [3.05, 3.63) is 42.7 Å². The predicted octanol–water partition coefficient (Wildman–Crippen LogP) is 2.39. The first-order valence-electron chi connectivity index (χ1n) is 7.09. The zero-order chi connectivity index (χ0) is 14.7. The number of rotatable bonds is 3. The van der Waals surface area contributed by atoms with Crippen molar-refractivity contribution in [3.8, 4) is 11.4 Å². The van der Waals surface area contributed by atoms with Gasteiger partial charge in [-0.05, 0) is 25.7 Å². The van der Waals surface area contributed by atoms with Gasteiger partial charge in [0.25, 0.3) is 5.91 Å². The number of aromatic nitrogens is 2. The van der Waals surface area contributed by atoms with Crippen LogP contribution in [0.25, 0.3) is 11.4 Å². The van der Waals surface area contributed by atoms with Gasteiger partial charge in [0.15, 0.2) is 5.82 Å². The van der Waals surface area contributed by atoms with E-state index in [0.29, 0.717) is 24.4 Å². The summed E-state index contributed by atoms with van der Waals surface area (Å²) < 4.78 is 0. The van der Waals surface area contributed by atoms with E-state index in [1.54, 1.807) is 12.4 Å². The van der Waals surface area contributed by atoms with Crippen LogP contribution in [0.15, 0.2) is 42.7 Å². The summed E-state index contributed by atoms with van der Waals surface area (Å²) in [5.41, 5.74) is 0.183. The molecule has 0 aliphatic heterocycles. The largest absolute Gasteiger partial charge is 0.380 e. The molecule has 1 aliphatic rings. The first-order chi connectivity index (χ1) is 10.2. The molecule has 1 saturated carbocycles. The number of amides is 1. The summed E-state index contributed by atoms with van der Waals surface area (Å²) in [4.78, 5) is 20.6. The number of carbonyl (C=O) groups is 1.